The average Bonchev–Trinajstić information content (AvgIpc) is 3.06. The molecule has 0 atom stereocenters. The Morgan fingerprint density at radius 1 is 1.45 bits per heavy atom. The maximum Gasteiger partial charge on any atom is 0.228 e. The zero-order valence-corrected chi connectivity index (χ0v) is 13.1. The SMILES string of the molecule is COc1ccc(Cl)c2c1N(C(=O)CCn1ccnn1)CCC2. The van der Waals surface area contributed by atoms with Crippen LogP contribution in [0.5, 0.6) is 5.75 Å². The van der Waals surface area contributed by atoms with E-state index >= 15 is 0 Å². The van der Waals surface area contributed by atoms with Crippen LogP contribution in [0, 0.1) is 0 Å². The van der Waals surface area contributed by atoms with Gasteiger partial charge < -0.3 is 9.64 Å². The summed E-state index contributed by atoms with van der Waals surface area (Å²) in [5.74, 6) is 0.727. The summed E-state index contributed by atoms with van der Waals surface area (Å²) in [5, 5.41) is 8.30. The summed E-state index contributed by atoms with van der Waals surface area (Å²) in [7, 11) is 1.61. The molecule has 2 heterocycles. The number of fused-ring (bicyclic) bond motifs is 1. The Morgan fingerprint density at radius 2 is 2.32 bits per heavy atom. The lowest BCUT2D eigenvalue weighted by Crippen LogP contribution is -2.36. The summed E-state index contributed by atoms with van der Waals surface area (Å²) in [5.41, 5.74) is 1.80. The van der Waals surface area contributed by atoms with Crippen LogP contribution in [-0.2, 0) is 17.8 Å². The highest BCUT2D eigenvalue weighted by atomic mass is 35.5. The molecule has 3 rings (SSSR count). The molecule has 1 amide bonds. The van der Waals surface area contributed by atoms with E-state index in [1.807, 2.05) is 12.1 Å². The number of carbonyl (C=O) groups is 1. The summed E-state index contributed by atoms with van der Waals surface area (Å²) < 4.78 is 7.07. The summed E-state index contributed by atoms with van der Waals surface area (Å²) >= 11 is 6.28. The van der Waals surface area contributed by atoms with Gasteiger partial charge in [-0.2, -0.15) is 0 Å². The molecular formula is C15H17ClN4O2. The lowest BCUT2D eigenvalue weighted by atomic mass is 10.0. The van der Waals surface area contributed by atoms with E-state index in [0.29, 0.717) is 30.3 Å². The first-order chi connectivity index (χ1) is 10.7. The van der Waals surface area contributed by atoms with E-state index < -0.39 is 0 Å². The van der Waals surface area contributed by atoms with Crippen molar-refractivity contribution >= 4 is 23.2 Å². The van der Waals surface area contributed by atoms with Gasteiger partial charge in [-0.25, -0.2) is 0 Å². The summed E-state index contributed by atoms with van der Waals surface area (Å²) in [6.45, 7) is 1.19. The number of amides is 1. The predicted octanol–water partition coefficient (Wildman–Crippen LogP) is 2.31. The van der Waals surface area contributed by atoms with Crippen molar-refractivity contribution in [3.8, 4) is 5.75 Å². The minimum atomic E-state index is 0.0389. The Balaban J connectivity index is 1.84. The topological polar surface area (TPSA) is 60.2 Å². The minimum absolute atomic E-state index is 0.0389. The average molecular weight is 321 g/mol. The van der Waals surface area contributed by atoms with E-state index in [0.717, 1.165) is 24.1 Å². The lowest BCUT2D eigenvalue weighted by molar-refractivity contribution is -0.119. The van der Waals surface area contributed by atoms with Gasteiger partial charge >= 0.3 is 0 Å². The van der Waals surface area contributed by atoms with Crippen molar-refractivity contribution in [2.45, 2.75) is 25.8 Å². The molecule has 0 bridgehead atoms. The molecule has 22 heavy (non-hydrogen) atoms. The molecule has 1 aromatic heterocycles. The van der Waals surface area contributed by atoms with Gasteiger partial charge in [0.25, 0.3) is 0 Å². The number of halogens is 1. The zero-order valence-electron chi connectivity index (χ0n) is 12.3. The fraction of sp³-hybridized carbons (Fsp3) is 0.400. The van der Waals surface area contributed by atoms with Gasteiger partial charge in [-0.1, -0.05) is 16.8 Å². The summed E-state index contributed by atoms with van der Waals surface area (Å²) in [4.78, 5) is 14.4. The van der Waals surface area contributed by atoms with Gasteiger partial charge in [0.2, 0.25) is 5.91 Å². The molecule has 0 spiro atoms. The maximum atomic E-state index is 12.6. The molecule has 7 heteroatoms. The zero-order chi connectivity index (χ0) is 15.5. The van der Waals surface area contributed by atoms with Crippen molar-refractivity contribution in [1.29, 1.82) is 0 Å². The standard InChI is InChI=1S/C15H17ClN4O2/c1-22-13-5-4-12(16)11-3-2-8-20(15(11)13)14(21)6-9-19-10-7-17-18-19/h4-5,7,10H,2-3,6,8-9H2,1H3. The van der Waals surface area contributed by atoms with Crippen molar-refractivity contribution in [1.82, 2.24) is 15.0 Å². The van der Waals surface area contributed by atoms with Crippen LogP contribution in [0.2, 0.25) is 5.02 Å². The highest BCUT2D eigenvalue weighted by Crippen LogP contribution is 2.40. The van der Waals surface area contributed by atoms with Gasteiger partial charge in [0.05, 0.1) is 25.5 Å². The van der Waals surface area contributed by atoms with Gasteiger partial charge in [0.15, 0.2) is 0 Å². The Morgan fingerprint density at radius 3 is 3.05 bits per heavy atom. The highest BCUT2D eigenvalue weighted by molar-refractivity contribution is 6.32. The van der Waals surface area contributed by atoms with Crippen molar-refractivity contribution in [2.75, 3.05) is 18.6 Å². The van der Waals surface area contributed by atoms with E-state index in [2.05, 4.69) is 10.3 Å². The number of carbonyl (C=O) groups excluding carboxylic acids is 1. The molecule has 1 aromatic carbocycles. The molecule has 6 nitrogen and oxygen atoms in total. The molecule has 116 valence electrons. The number of rotatable bonds is 4. The number of aryl methyl sites for hydroxylation is 1. The number of nitrogens with zero attached hydrogens (tertiary/aromatic N) is 4. The van der Waals surface area contributed by atoms with Gasteiger partial charge in [0.1, 0.15) is 5.75 Å². The molecule has 0 aliphatic carbocycles. The van der Waals surface area contributed by atoms with Gasteiger partial charge in [-0.3, -0.25) is 9.48 Å². The van der Waals surface area contributed by atoms with Crippen LogP contribution in [0.1, 0.15) is 18.4 Å². The fourth-order valence-electron chi connectivity index (χ4n) is 2.76. The maximum absolute atomic E-state index is 12.6. The largest absolute Gasteiger partial charge is 0.495 e. The predicted molar refractivity (Wildman–Crippen MR) is 83.3 cm³/mol. The van der Waals surface area contributed by atoms with E-state index in [-0.39, 0.29) is 5.91 Å². The molecule has 0 saturated carbocycles. The van der Waals surface area contributed by atoms with Crippen LogP contribution in [0.4, 0.5) is 5.69 Å². The van der Waals surface area contributed by atoms with Crippen molar-refractivity contribution in [2.24, 2.45) is 0 Å². The molecular weight excluding hydrogens is 304 g/mol. The van der Waals surface area contributed by atoms with Crippen molar-refractivity contribution in [3.63, 3.8) is 0 Å². The molecule has 1 aliphatic rings. The number of methoxy groups -OCH3 is 1. The van der Waals surface area contributed by atoms with E-state index in [1.165, 1.54) is 0 Å². The summed E-state index contributed by atoms with van der Waals surface area (Å²) in [6.07, 6.45) is 5.46. The Kier molecular flexibility index (Phi) is 4.29. The normalized spacial score (nSPS) is 13.8. The second-order valence-corrected chi connectivity index (χ2v) is 5.55. The van der Waals surface area contributed by atoms with Crippen LogP contribution < -0.4 is 9.64 Å². The molecule has 0 unspecified atom stereocenters. The quantitative estimate of drug-likeness (QED) is 0.867. The van der Waals surface area contributed by atoms with Crippen LogP contribution in [-0.4, -0.2) is 34.6 Å². The monoisotopic (exact) mass is 320 g/mol. The molecule has 0 saturated heterocycles. The van der Waals surface area contributed by atoms with Crippen LogP contribution in [0.25, 0.3) is 0 Å². The Hall–Kier alpha value is -2.08. The fourth-order valence-corrected chi connectivity index (χ4v) is 3.01. The van der Waals surface area contributed by atoms with Crippen molar-refractivity contribution in [3.05, 3.63) is 35.1 Å². The second kappa shape index (κ2) is 6.36. The third-order valence-electron chi connectivity index (χ3n) is 3.81. The third-order valence-corrected chi connectivity index (χ3v) is 4.17. The Bertz CT molecular complexity index is 672. The lowest BCUT2D eigenvalue weighted by Gasteiger charge is -2.31. The number of hydrogen-bond acceptors (Lipinski definition) is 4. The van der Waals surface area contributed by atoms with E-state index in [1.54, 1.807) is 29.1 Å². The Labute approximate surface area is 133 Å². The van der Waals surface area contributed by atoms with Crippen LogP contribution >= 0.6 is 11.6 Å². The van der Waals surface area contributed by atoms with Crippen molar-refractivity contribution < 1.29 is 9.53 Å². The number of anilines is 1. The third kappa shape index (κ3) is 2.78. The molecule has 0 radical (unpaired) electrons. The molecule has 2 aromatic rings. The first-order valence-electron chi connectivity index (χ1n) is 7.20. The van der Waals surface area contributed by atoms with Crippen LogP contribution in [0.15, 0.2) is 24.5 Å². The summed E-state index contributed by atoms with van der Waals surface area (Å²) in [6, 6.07) is 3.63. The van der Waals surface area contributed by atoms with E-state index in [4.69, 9.17) is 16.3 Å². The van der Waals surface area contributed by atoms with Gasteiger partial charge in [-0.05, 0) is 30.5 Å². The minimum Gasteiger partial charge on any atom is -0.495 e. The van der Waals surface area contributed by atoms with Crippen LogP contribution in [0.3, 0.4) is 0 Å². The molecule has 0 fully saturated rings. The number of aromatic nitrogens is 3. The second-order valence-electron chi connectivity index (χ2n) is 5.14. The molecule has 1 aliphatic heterocycles. The smallest absolute Gasteiger partial charge is 0.228 e. The first kappa shape index (κ1) is 14.8. The number of ether oxygens (including phenoxy) is 1. The number of benzene rings is 1. The van der Waals surface area contributed by atoms with Gasteiger partial charge in [-0.15, -0.1) is 5.10 Å². The first-order valence-corrected chi connectivity index (χ1v) is 7.58. The van der Waals surface area contributed by atoms with Gasteiger partial charge in [0, 0.05) is 24.2 Å². The number of hydrogen-bond donors (Lipinski definition) is 0. The highest BCUT2D eigenvalue weighted by Gasteiger charge is 2.27. The van der Waals surface area contributed by atoms with E-state index in [9.17, 15) is 4.79 Å². The molecule has 0 N–H and O–H groups in total.